The van der Waals surface area contributed by atoms with Gasteiger partial charge in [-0.3, -0.25) is 4.98 Å². The molecular formula is C10H12F2N2. The van der Waals surface area contributed by atoms with Gasteiger partial charge in [0.2, 0.25) is 5.92 Å². The maximum atomic E-state index is 12.6. The fourth-order valence-electron chi connectivity index (χ4n) is 1.81. The minimum Gasteiger partial charge on any atom is -0.324 e. The maximum absolute atomic E-state index is 12.6. The number of aromatic nitrogens is 1. The molecule has 1 fully saturated rings. The molecule has 2 nitrogen and oxygen atoms in total. The topological polar surface area (TPSA) is 38.9 Å². The predicted molar refractivity (Wildman–Crippen MR) is 48.8 cm³/mol. The first-order valence-corrected chi connectivity index (χ1v) is 4.62. The van der Waals surface area contributed by atoms with Crippen molar-refractivity contribution in [3.63, 3.8) is 0 Å². The second kappa shape index (κ2) is 3.28. The average Bonchev–Trinajstić information content (AvgIpc) is 2.14. The molecule has 1 aromatic heterocycles. The van der Waals surface area contributed by atoms with Crippen LogP contribution in [0, 0.1) is 5.92 Å². The summed E-state index contributed by atoms with van der Waals surface area (Å²) in [5.74, 6) is -2.60. The van der Waals surface area contributed by atoms with Crippen LogP contribution in [0.4, 0.5) is 8.78 Å². The summed E-state index contributed by atoms with van der Waals surface area (Å²) in [6.45, 7) is 0. The molecule has 1 unspecified atom stereocenters. The monoisotopic (exact) mass is 198 g/mol. The van der Waals surface area contributed by atoms with Gasteiger partial charge in [0, 0.05) is 31.3 Å². The Balaban J connectivity index is 2.01. The van der Waals surface area contributed by atoms with E-state index >= 15 is 0 Å². The number of hydrogen-bond donors (Lipinski definition) is 1. The third-order valence-electron chi connectivity index (χ3n) is 2.70. The predicted octanol–water partition coefficient (Wildman–Crippen LogP) is 2.13. The summed E-state index contributed by atoms with van der Waals surface area (Å²) in [6, 6.07) is 3.29. The third kappa shape index (κ3) is 1.75. The summed E-state index contributed by atoms with van der Waals surface area (Å²) >= 11 is 0. The molecule has 1 saturated carbocycles. The lowest BCUT2D eigenvalue weighted by Crippen LogP contribution is -2.41. The third-order valence-corrected chi connectivity index (χ3v) is 2.70. The van der Waals surface area contributed by atoms with Crippen LogP contribution in [0.3, 0.4) is 0 Å². The molecule has 0 aromatic carbocycles. The summed E-state index contributed by atoms with van der Waals surface area (Å²) in [4.78, 5) is 3.92. The van der Waals surface area contributed by atoms with Gasteiger partial charge in [-0.25, -0.2) is 8.78 Å². The Morgan fingerprint density at radius 3 is 2.71 bits per heavy atom. The van der Waals surface area contributed by atoms with E-state index in [0.717, 1.165) is 5.56 Å². The fraction of sp³-hybridized carbons (Fsp3) is 0.500. The van der Waals surface area contributed by atoms with E-state index in [4.69, 9.17) is 5.73 Å². The Kier molecular flexibility index (Phi) is 2.23. The van der Waals surface area contributed by atoms with Crippen LogP contribution in [-0.2, 0) is 0 Å². The van der Waals surface area contributed by atoms with Crippen LogP contribution in [-0.4, -0.2) is 10.9 Å². The Bertz CT molecular complexity index is 305. The van der Waals surface area contributed by atoms with Crippen molar-refractivity contribution in [2.75, 3.05) is 0 Å². The molecule has 0 aliphatic heterocycles. The molecule has 0 saturated heterocycles. The summed E-state index contributed by atoms with van der Waals surface area (Å²) in [5, 5.41) is 0. The summed E-state index contributed by atoms with van der Waals surface area (Å²) in [5.41, 5.74) is 6.69. The number of hydrogen-bond acceptors (Lipinski definition) is 2. The van der Waals surface area contributed by atoms with Crippen molar-refractivity contribution in [2.24, 2.45) is 11.7 Å². The summed E-state index contributed by atoms with van der Waals surface area (Å²) in [6.07, 6.45) is 3.10. The zero-order valence-corrected chi connectivity index (χ0v) is 7.66. The molecule has 1 aliphatic carbocycles. The van der Waals surface area contributed by atoms with E-state index < -0.39 is 5.92 Å². The molecule has 0 spiro atoms. The SMILES string of the molecule is NC(c1cccnc1)C1CC(F)(F)C1. The molecule has 76 valence electrons. The lowest BCUT2D eigenvalue weighted by Gasteiger charge is -2.38. The van der Waals surface area contributed by atoms with Gasteiger partial charge in [-0.15, -0.1) is 0 Å². The Hall–Kier alpha value is -1.03. The minimum absolute atomic E-state index is 0.0942. The second-order valence-electron chi connectivity index (χ2n) is 3.84. The van der Waals surface area contributed by atoms with Crippen molar-refractivity contribution in [3.05, 3.63) is 30.1 Å². The van der Waals surface area contributed by atoms with Gasteiger partial charge in [-0.1, -0.05) is 6.07 Å². The number of rotatable bonds is 2. The Morgan fingerprint density at radius 1 is 1.50 bits per heavy atom. The van der Waals surface area contributed by atoms with Gasteiger partial charge >= 0.3 is 0 Å². The maximum Gasteiger partial charge on any atom is 0.248 e. The second-order valence-corrected chi connectivity index (χ2v) is 3.84. The molecule has 1 aliphatic rings. The van der Waals surface area contributed by atoms with Crippen LogP contribution in [0.15, 0.2) is 24.5 Å². The van der Waals surface area contributed by atoms with Gasteiger partial charge in [-0.2, -0.15) is 0 Å². The van der Waals surface area contributed by atoms with Crippen molar-refractivity contribution < 1.29 is 8.78 Å². The highest BCUT2D eigenvalue weighted by molar-refractivity contribution is 5.16. The van der Waals surface area contributed by atoms with E-state index in [0.29, 0.717) is 0 Å². The molecule has 14 heavy (non-hydrogen) atoms. The number of pyridine rings is 1. The lowest BCUT2D eigenvalue weighted by molar-refractivity contribution is -0.116. The highest BCUT2D eigenvalue weighted by Gasteiger charge is 2.47. The van der Waals surface area contributed by atoms with E-state index in [1.807, 2.05) is 6.07 Å². The average molecular weight is 198 g/mol. The van der Waals surface area contributed by atoms with Crippen molar-refractivity contribution in [2.45, 2.75) is 24.8 Å². The number of nitrogens with zero attached hydrogens (tertiary/aromatic N) is 1. The zero-order chi connectivity index (χ0) is 10.2. The van der Waals surface area contributed by atoms with Crippen molar-refractivity contribution in [1.82, 2.24) is 4.98 Å². The normalized spacial score (nSPS) is 22.8. The quantitative estimate of drug-likeness (QED) is 0.790. The molecule has 4 heteroatoms. The van der Waals surface area contributed by atoms with E-state index in [9.17, 15) is 8.78 Å². The van der Waals surface area contributed by atoms with E-state index in [1.54, 1.807) is 18.5 Å². The van der Waals surface area contributed by atoms with E-state index in [2.05, 4.69) is 4.98 Å². The Morgan fingerprint density at radius 2 is 2.21 bits per heavy atom. The smallest absolute Gasteiger partial charge is 0.248 e. The van der Waals surface area contributed by atoms with Gasteiger partial charge in [0.25, 0.3) is 0 Å². The van der Waals surface area contributed by atoms with E-state index in [1.165, 1.54) is 0 Å². The number of nitrogens with two attached hydrogens (primary N) is 1. The first kappa shape index (κ1) is 9.52. The van der Waals surface area contributed by atoms with Crippen LogP contribution in [0.25, 0.3) is 0 Å². The summed E-state index contributed by atoms with van der Waals surface area (Å²) < 4.78 is 25.2. The van der Waals surface area contributed by atoms with Gasteiger partial charge < -0.3 is 5.73 Å². The molecule has 0 bridgehead atoms. The molecular weight excluding hydrogens is 186 g/mol. The molecule has 0 radical (unpaired) electrons. The molecule has 2 N–H and O–H groups in total. The first-order chi connectivity index (χ1) is 6.58. The molecule has 1 aromatic rings. The standard InChI is InChI=1S/C10H12F2N2/c11-10(12)4-8(5-10)9(13)7-2-1-3-14-6-7/h1-3,6,8-9H,4-5,13H2. The number of alkyl halides is 2. The highest BCUT2D eigenvalue weighted by Crippen LogP contribution is 2.47. The van der Waals surface area contributed by atoms with Crippen LogP contribution < -0.4 is 5.73 Å². The molecule has 0 amide bonds. The Labute approximate surface area is 81.1 Å². The van der Waals surface area contributed by atoms with Crippen molar-refractivity contribution in [3.8, 4) is 0 Å². The molecule has 2 rings (SSSR count). The van der Waals surface area contributed by atoms with Crippen molar-refractivity contribution in [1.29, 1.82) is 0 Å². The van der Waals surface area contributed by atoms with Gasteiger partial charge in [0.05, 0.1) is 0 Å². The van der Waals surface area contributed by atoms with Gasteiger partial charge in [0.15, 0.2) is 0 Å². The minimum atomic E-state index is -2.50. The molecule has 1 heterocycles. The largest absolute Gasteiger partial charge is 0.324 e. The zero-order valence-electron chi connectivity index (χ0n) is 7.66. The number of halogens is 2. The van der Waals surface area contributed by atoms with E-state index in [-0.39, 0.29) is 24.8 Å². The van der Waals surface area contributed by atoms with Crippen molar-refractivity contribution >= 4 is 0 Å². The van der Waals surface area contributed by atoms with Crippen LogP contribution in [0.5, 0.6) is 0 Å². The van der Waals surface area contributed by atoms with Crippen LogP contribution >= 0.6 is 0 Å². The fourth-order valence-corrected chi connectivity index (χ4v) is 1.81. The highest BCUT2D eigenvalue weighted by atomic mass is 19.3. The lowest BCUT2D eigenvalue weighted by atomic mass is 9.75. The van der Waals surface area contributed by atoms with Gasteiger partial charge in [0.1, 0.15) is 0 Å². The molecule has 1 atom stereocenters. The first-order valence-electron chi connectivity index (χ1n) is 4.62. The summed E-state index contributed by atoms with van der Waals surface area (Å²) in [7, 11) is 0. The van der Waals surface area contributed by atoms with Crippen LogP contribution in [0.1, 0.15) is 24.4 Å². The van der Waals surface area contributed by atoms with Crippen LogP contribution in [0.2, 0.25) is 0 Å². The van der Waals surface area contributed by atoms with Gasteiger partial charge in [-0.05, 0) is 17.5 Å².